The number of benzene rings is 1. The first-order valence-electron chi connectivity index (χ1n) is 10.1. The Morgan fingerprint density at radius 2 is 1.90 bits per heavy atom. The fraction of sp³-hybridized carbons (Fsp3) is 0.524. The maximum atomic E-state index is 12.3. The van der Waals surface area contributed by atoms with E-state index in [4.69, 9.17) is 0 Å². The van der Waals surface area contributed by atoms with Gasteiger partial charge in [0.1, 0.15) is 5.25 Å². The van der Waals surface area contributed by atoms with Crippen LogP contribution in [0, 0.1) is 5.92 Å². The smallest absolute Gasteiger partial charge is 0.262 e. The molecule has 3 rings (SSSR count). The molecule has 1 aromatic carbocycles. The molecule has 2 aliphatic rings. The molecule has 1 fully saturated rings. The molecule has 7 nitrogen and oxygen atoms in total. The summed E-state index contributed by atoms with van der Waals surface area (Å²) in [7, 11) is 0. The first-order valence-corrected chi connectivity index (χ1v) is 11.0. The van der Waals surface area contributed by atoms with Crippen LogP contribution in [0.25, 0.3) is 0 Å². The van der Waals surface area contributed by atoms with Crippen LogP contribution in [0.3, 0.4) is 0 Å². The molecule has 8 heteroatoms. The topological polar surface area (TPSA) is 90.9 Å². The Bertz CT molecular complexity index is 786. The van der Waals surface area contributed by atoms with E-state index in [1.165, 1.54) is 11.8 Å². The van der Waals surface area contributed by atoms with Crippen molar-refractivity contribution in [3.8, 4) is 0 Å². The van der Waals surface area contributed by atoms with Crippen molar-refractivity contribution in [2.24, 2.45) is 10.9 Å². The molecule has 2 aliphatic heterocycles. The number of amides is 3. The van der Waals surface area contributed by atoms with Gasteiger partial charge in [0.2, 0.25) is 5.91 Å². The maximum Gasteiger partial charge on any atom is 0.262 e. The number of carbonyl (C=O) groups excluding carboxylic acids is 3. The van der Waals surface area contributed by atoms with Gasteiger partial charge in [-0.2, -0.15) is 4.99 Å². The number of hydrogen-bond donors (Lipinski definition) is 2. The molecule has 0 aliphatic carbocycles. The molecule has 1 saturated heterocycles. The fourth-order valence-electron chi connectivity index (χ4n) is 3.21. The van der Waals surface area contributed by atoms with Gasteiger partial charge in [-0.05, 0) is 49.4 Å². The molecule has 0 bridgehead atoms. The van der Waals surface area contributed by atoms with Gasteiger partial charge in [-0.25, -0.2) is 0 Å². The number of hydrogen-bond acceptors (Lipinski definition) is 5. The number of anilines is 1. The molecule has 0 unspecified atom stereocenters. The highest BCUT2D eigenvalue weighted by molar-refractivity contribution is 8.15. The minimum absolute atomic E-state index is 0.0851. The number of rotatable bonds is 7. The highest BCUT2D eigenvalue weighted by Gasteiger charge is 2.33. The Labute approximate surface area is 175 Å². The Hall–Kier alpha value is -2.35. The maximum absolute atomic E-state index is 12.3. The van der Waals surface area contributed by atoms with Crippen LogP contribution in [0.1, 0.15) is 49.9 Å². The van der Waals surface area contributed by atoms with Gasteiger partial charge in [0.15, 0.2) is 5.17 Å². The highest BCUT2D eigenvalue weighted by atomic mass is 32.2. The molecule has 29 heavy (non-hydrogen) atoms. The zero-order valence-corrected chi connectivity index (χ0v) is 17.8. The molecular weight excluding hydrogens is 388 g/mol. The predicted molar refractivity (Wildman–Crippen MR) is 116 cm³/mol. The van der Waals surface area contributed by atoms with E-state index in [1.54, 1.807) is 24.3 Å². The average Bonchev–Trinajstić information content (AvgIpc) is 3.32. The summed E-state index contributed by atoms with van der Waals surface area (Å²) in [4.78, 5) is 42.8. The van der Waals surface area contributed by atoms with Crippen LogP contribution in [0.2, 0.25) is 0 Å². The summed E-state index contributed by atoms with van der Waals surface area (Å²) in [5.74, 6) is -0.0546. The van der Waals surface area contributed by atoms with E-state index in [0.717, 1.165) is 37.5 Å². The Kier molecular flexibility index (Phi) is 7.30. The van der Waals surface area contributed by atoms with Gasteiger partial charge in [0.25, 0.3) is 11.8 Å². The minimum Gasteiger partial charge on any atom is -0.352 e. The van der Waals surface area contributed by atoms with Crippen molar-refractivity contribution < 1.29 is 14.4 Å². The number of aliphatic imine (C=N–C) groups is 1. The van der Waals surface area contributed by atoms with E-state index < -0.39 is 5.25 Å². The largest absolute Gasteiger partial charge is 0.352 e. The molecule has 2 heterocycles. The third kappa shape index (κ3) is 6.06. The Morgan fingerprint density at radius 1 is 1.21 bits per heavy atom. The first kappa shape index (κ1) is 21.4. The predicted octanol–water partition coefficient (Wildman–Crippen LogP) is 2.88. The van der Waals surface area contributed by atoms with Crippen LogP contribution >= 0.6 is 11.8 Å². The van der Waals surface area contributed by atoms with Crippen molar-refractivity contribution in [1.82, 2.24) is 10.2 Å². The van der Waals surface area contributed by atoms with Gasteiger partial charge in [-0.1, -0.05) is 25.6 Å². The summed E-state index contributed by atoms with van der Waals surface area (Å²) in [6.07, 6.45) is 3.25. The molecule has 1 atom stereocenters. The summed E-state index contributed by atoms with van der Waals surface area (Å²) in [6, 6.07) is 6.77. The van der Waals surface area contributed by atoms with Crippen LogP contribution < -0.4 is 10.6 Å². The molecule has 0 saturated carbocycles. The van der Waals surface area contributed by atoms with Crippen LogP contribution in [0.5, 0.6) is 0 Å². The van der Waals surface area contributed by atoms with E-state index in [2.05, 4.69) is 34.4 Å². The molecule has 0 spiro atoms. The monoisotopic (exact) mass is 416 g/mol. The molecule has 0 aromatic heterocycles. The van der Waals surface area contributed by atoms with Gasteiger partial charge in [0.05, 0.1) is 0 Å². The zero-order chi connectivity index (χ0) is 20.8. The number of nitrogens with one attached hydrogen (secondary N) is 2. The third-order valence-corrected chi connectivity index (χ3v) is 6.13. The summed E-state index contributed by atoms with van der Waals surface area (Å²) >= 11 is 1.38. The van der Waals surface area contributed by atoms with Gasteiger partial charge in [-0.3, -0.25) is 14.4 Å². The Morgan fingerprint density at radius 3 is 2.55 bits per heavy atom. The van der Waals surface area contributed by atoms with Crippen molar-refractivity contribution in [3.05, 3.63) is 29.8 Å². The molecular formula is C21H28N4O3S. The standard InChI is InChI=1S/C21H28N4O3S/c1-14(2)9-10-22-19(27)15-5-7-16(8-6-15)23-18(26)13-17-20(28)24-21(29-17)25-11-3-4-12-25/h5-8,14,17H,3-4,9-13H2,1-2H3,(H,22,27)(H,23,26)/t17-/m1/s1. The van der Waals surface area contributed by atoms with Crippen LogP contribution in [-0.2, 0) is 9.59 Å². The van der Waals surface area contributed by atoms with E-state index in [-0.39, 0.29) is 24.1 Å². The number of thioether (sulfide) groups is 1. The average molecular weight is 417 g/mol. The summed E-state index contributed by atoms with van der Waals surface area (Å²) in [5, 5.41) is 5.97. The van der Waals surface area contributed by atoms with Crippen molar-refractivity contribution >= 4 is 40.3 Å². The minimum atomic E-state index is -0.461. The second-order valence-corrected chi connectivity index (χ2v) is 8.97. The van der Waals surface area contributed by atoms with Crippen molar-refractivity contribution in [2.45, 2.75) is 44.8 Å². The van der Waals surface area contributed by atoms with Crippen LogP contribution in [0.4, 0.5) is 5.69 Å². The van der Waals surface area contributed by atoms with E-state index >= 15 is 0 Å². The molecule has 2 N–H and O–H groups in total. The van der Waals surface area contributed by atoms with Crippen LogP contribution in [0.15, 0.2) is 29.3 Å². The van der Waals surface area contributed by atoms with Crippen LogP contribution in [-0.4, -0.2) is 52.7 Å². The number of amidine groups is 1. The van der Waals surface area contributed by atoms with Gasteiger partial charge < -0.3 is 15.5 Å². The molecule has 0 radical (unpaired) electrons. The number of nitrogens with zero attached hydrogens (tertiary/aromatic N) is 2. The van der Waals surface area contributed by atoms with E-state index in [1.807, 2.05) is 0 Å². The quantitative estimate of drug-likeness (QED) is 0.713. The van der Waals surface area contributed by atoms with E-state index in [9.17, 15) is 14.4 Å². The van der Waals surface area contributed by atoms with E-state index in [0.29, 0.717) is 23.7 Å². The third-order valence-electron chi connectivity index (χ3n) is 4.91. The SMILES string of the molecule is CC(C)CCNC(=O)c1ccc(NC(=O)C[C@H]2SC(N3CCCC3)=NC2=O)cc1. The normalized spacial score (nSPS) is 18.9. The van der Waals surface area contributed by atoms with Gasteiger partial charge in [-0.15, -0.1) is 0 Å². The molecule has 3 amide bonds. The summed E-state index contributed by atoms with van der Waals surface area (Å²) in [6.45, 7) is 6.72. The second-order valence-electron chi connectivity index (χ2n) is 7.80. The lowest BCUT2D eigenvalue weighted by Crippen LogP contribution is -2.25. The molecule has 1 aromatic rings. The number of likely N-dealkylation sites (tertiary alicyclic amines) is 1. The van der Waals surface area contributed by atoms with Crippen molar-refractivity contribution in [3.63, 3.8) is 0 Å². The zero-order valence-electron chi connectivity index (χ0n) is 16.9. The lowest BCUT2D eigenvalue weighted by atomic mass is 10.1. The van der Waals surface area contributed by atoms with Crippen molar-refractivity contribution in [2.75, 3.05) is 25.0 Å². The molecule has 156 valence electrons. The summed E-state index contributed by atoms with van der Waals surface area (Å²) in [5.41, 5.74) is 1.15. The highest BCUT2D eigenvalue weighted by Crippen LogP contribution is 2.29. The van der Waals surface area contributed by atoms with Gasteiger partial charge >= 0.3 is 0 Å². The number of carbonyl (C=O) groups is 3. The van der Waals surface area contributed by atoms with Gasteiger partial charge in [0, 0.05) is 37.3 Å². The Balaban J connectivity index is 1.46. The first-order chi connectivity index (χ1) is 13.9. The summed E-state index contributed by atoms with van der Waals surface area (Å²) < 4.78 is 0. The lowest BCUT2D eigenvalue weighted by molar-refractivity contribution is -0.121. The lowest BCUT2D eigenvalue weighted by Gasteiger charge is -2.16. The van der Waals surface area contributed by atoms with Crippen molar-refractivity contribution in [1.29, 1.82) is 0 Å². The fourth-order valence-corrected chi connectivity index (χ4v) is 4.33. The second kappa shape index (κ2) is 9.91.